The van der Waals surface area contributed by atoms with Crippen LogP contribution in [0, 0.1) is 31.8 Å². The van der Waals surface area contributed by atoms with Crippen LogP contribution in [-0.4, -0.2) is 23.0 Å². The summed E-state index contributed by atoms with van der Waals surface area (Å²) in [5.41, 5.74) is 3.07. The van der Waals surface area contributed by atoms with Crippen molar-refractivity contribution in [3.8, 4) is 22.5 Å². The minimum Gasteiger partial charge on any atom is -0.486 e. The average Bonchev–Trinajstić information content (AvgIpc) is 3.51. The van der Waals surface area contributed by atoms with E-state index < -0.39 is 40.9 Å². The molecule has 0 aliphatic heterocycles. The van der Waals surface area contributed by atoms with Gasteiger partial charge in [0.05, 0.1) is 13.7 Å². The molecule has 0 spiro atoms. The Labute approximate surface area is 305 Å². The minimum absolute atomic E-state index is 0. The molecule has 0 fully saturated rings. The number of furan rings is 1. The molecule has 0 N–H and O–H groups in total. The van der Waals surface area contributed by atoms with Gasteiger partial charge in [0.15, 0.2) is 0 Å². The Morgan fingerprint density at radius 1 is 0.978 bits per heavy atom. The summed E-state index contributed by atoms with van der Waals surface area (Å²) in [5, 5.41) is 1.64. The van der Waals surface area contributed by atoms with Crippen molar-refractivity contribution in [1.82, 2.24) is 15.0 Å². The molecule has 0 bridgehead atoms. The van der Waals surface area contributed by atoms with Gasteiger partial charge in [0.2, 0.25) is 5.71 Å². The van der Waals surface area contributed by atoms with Gasteiger partial charge < -0.3 is 14.4 Å². The maximum atomic E-state index is 8.55. The molecule has 4 heterocycles. The Hall–Kier alpha value is -3.44. The van der Waals surface area contributed by atoms with Crippen LogP contribution in [0.2, 0.25) is 19.6 Å². The van der Waals surface area contributed by atoms with Crippen molar-refractivity contribution in [2.45, 2.75) is 79.2 Å². The Morgan fingerprint density at radius 3 is 2.50 bits per heavy atom. The fourth-order valence-electron chi connectivity index (χ4n) is 5.35. The predicted molar refractivity (Wildman–Crippen MR) is 190 cm³/mol. The van der Waals surface area contributed by atoms with Crippen LogP contribution >= 0.6 is 0 Å². The Balaban J connectivity index is 0.000000241. The monoisotopic (exact) mass is 814 g/mol. The van der Waals surface area contributed by atoms with Crippen LogP contribution in [0.25, 0.3) is 44.6 Å². The minimum atomic E-state index is -2.52. The number of fused-ring (bicyclic) bond motifs is 4. The molecule has 0 amide bonds. The van der Waals surface area contributed by atoms with Crippen molar-refractivity contribution in [2.24, 2.45) is 5.92 Å². The topological polar surface area (TPSA) is 51.8 Å². The molecule has 239 valence electrons. The SMILES string of the molecule is [2H]C([2H])([2H])c1ccc2c(n1)oc1c(-c3cc4c(cn3)C([2H])([2H])CCC4([2H])[2H])[c-]cc(C([2H])([2H])[2H])c12.[2H]C([2H])(c1cc(-c2[c-]cccc2)ncc1[Si](C)(C)C)C(C)C.[Ir]. The summed E-state index contributed by atoms with van der Waals surface area (Å²) in [5.74, 6) is -0.0856. The van der Waals surface area contributed by atoms with Crippen molar-refractivity contribution in [3.05, 3.63) is 107 Å². The first-order chi connectivity index (χ1) is 26.2. The standard InChI is InChI=1S/C22H19N2O.C18H24NSi.Ir/c1-13-7-9-17(19-11-15-5-3-4-6-16(15)12-23-19)21-20(13)18-10-8-14(2)24-22(18)25-21;1-14(2)11-16-12-17(15-9-7-6-8-10-15)19-13-18(16)20(3,4)5;/h7-8,10-12H,3-6H2,1-2H3;6-9,12-14H,11H2,1-5H3;/q2*-1;/i1D3,2D3,5D2,6D2;11D2;. The summed E-state index contributed by atoms with van der Waals surface area (Å²) in [6.07, 6.45) is -1.66. The van der Waals surface area contributed by atoms with Gasteiger partial charge in [0.25, 0.3) is 0 Å². The van der Waals surface area contributed by atoms with Crippen LogP contribution in [0.1, 0.15) is 71.1 Å². The van der Waals surface area contributed by atoms with E-state index in [-0.39, 0.29) is 89.2 Å². The van der Waals surface area contributed by atoms with E-state index in [1.165, 1.54) is 30.5 Å². The van der Waals surface area contributed by atoms with Gasteiger partial charge in [-0.05, 0) is 79.0 Å². The summed E-state index contributed by atoms with van der Waals surface area (Å²) >= 11 is 0. The smallest absolute Gasteiger partial charge is 0.216 e. The van der Waals surface area contributed by atoms with Gasteiger partial charge in [-0.1, -0.05) is 74.5 Å². The van der Waals surface area contributed by atoms with Crippen molar-refractivity contribution in [3.63, 3.8) is 0 Å². The van der Waals surface area contributed by atoms with Crippen LogP contribution in [0.3, 0.4) is 0 Å². The Kier molecular flexibility index (Phi) is 6.58. The van der Waals surface area contributed by atoms with Gasteiger partial charge >= 0.3 is 0 Å². The second-order valence-electron chi connectivity index (χ2n) is 12.3. The summed E-state index contributed by atoms with van der Waals surface area (Å²) in [7, 11) is -1.67. The molecule has 0 saturated carbocycles. The van der Waals surface area contributed by atoms with Crippen molar-refractivity contribution < 1.29 is 41.0 Å². The molecule has 2 aromatic carbocycles. The molecule has 0 saturated heterocycles. The van der Waals surface area contributed by atoms with Crippen LogP contribution in [0.5, 0.6) is 0 Å². The molecular formula is C40H43IrN3OSi-2. The molecule has 1 aliphatic rings. The average molecular weight is 814 g/mol. The molecule has 0 unspecified atom stereocenters. The number of rotatable bonds is 5. The van der Waals surface area contributed by atoms with Crippen molar-refractivity contribution in [2.75, 3.05) is 0 Å². The number of benzene rings is 2. The maximum Gasteiger partial charge on any atom is 0.216 e. The number of hydrogen-bond donors (Lipinski definition) is 0. The van der Waals surface area contributed by atoms with E-state index in [0.29, 0.717) is 5.39 Å². The number of aromatic nitrogens is 3. The summed E-state index contributed by atoms with van der Waals surface area (Å²) in [4.78, 5) is 13.0. The first kappa shape index (κ1) is 21.4. The first-order valence-corrected chi connectivity index (χ1v) is 18.5. The van der Waals surface area contributed by atoms with E-state index in [1.54, 1.807) is 0 Å². The second-order valence-corrected chi connectivity index (χ2v) is 17.4. The predicted octanol–water partition coefficient (Wildman–Crippen LogP) is 9.63. The summed E-state index contributed by atoms with van der Waals surface area (Å²) in [6.45, 7) is 5.56. The van der Waals surface area contributed by atoms with E-state index in [0.717, 1.165) is 22.0 Å². The third-order valence-electron chi connectivity index (χ3n) is 7.47. The van der Waals surface area contributed by atoms with Crippen molar-refractivity contribution >= 4 is 35.3 Å². The second kappa shape index (κ2) is 14.1. The van der Waals surface area contributed by atoms with E-state index in [2.05, 4.69) is 46.7 Å². The summed E-state index contributed by atoms with van der Waals surface area (Å²) < 4.78 is 103. The molecule has 4 aromatic heterocycles. The molecule has 7 rings (SSSR count). The van der Waals surface area contributed by atoms with Gasteiger partial charge in [0.1, 0.15) is 0 Å². The number of hydrogen-bond acceptors (Lipinski definition) is 4. The molecule has 1 aliphatic carbocycles. The number of aryl methyl sites for hydroxylation is 4. The fraction of sp³-hybridized carbons (Fsp3) is 0.325. The third kappa shape index (κ3) is 7.25. The normalized spacial score (nSPS) is 19.8. The van der Waals surface area contributed by atoms with Gasteiger partial charge in [0, 0.05) is 60.0 Å². The van der Waals surface area contributed by atoms with Crippen LogP contribution in [-0.2, 0) is 39.2 Å². The third-order valence-corrected chi connectivity index (χ3v) is 9.48. The fourth-order valence-corrected chi connectivity index (χ4v) is 6.76. The molecule has 0 atom stereocenters. The van der Waals surface area contributed by atoms with Crippen LogP contribution in [0.4, 0.5) is 0 Å². The van der Waals surface area contributed by atoms with Gasteiger partial charge in [-0.25, -0.2) is 4.98 Å². The van der Waals surface area contributed by atoms with Crippen molar-refractivity contribution in [1.29, 1.82) is 0 Å². The number of pyridine rings is 3. The molecule has 46 heavy (non-hydrogen) atoms. The van der Waals surface area contributed by atoms with Crippen LogP contribution < -0.4 is 5.19 Å². The molecule has 6 aromatic rings. The zero-order chi connectivity index (χ0) is 42.1. The van der Waals surface area contributed by atoms with E-state index >= 15 is 0 Å². The molecule has 1 radical (unpaired) electrons. The van der Waals surface area contributed by atoms with E-state index in [1.807, 2.05) is 50.4 Å². The summed E-state index contributed by atoms with van der Waals surface area (Å²) in [6, 6.07) is 21.2. The largest absolute Gasteiger partial charge is 0.486 e. The number of nitrogens with zero attached hydrogens (tertiary/aromatic N) is 3. The quantitative estimate of drug-likeness (QED) is 0.129. The molecule has 6 heteroatoms. The Bertz CT molecular complexity index is 2460. The van der Waals surface area contributed by atoms with Crippen LogP contribution in [0.15, 0.2) is 71.4 Å². The maximum absolute atomic E-state index is 8.55. The zero-order valence-corrected chi connectivity index (χ0v) is 29.8. The zero-order valence-electron chi connectivity index (χ0n) is 38.4. The van der Waals surface area contributed by atoms with E-state index in [9.17, 15) is 0 Å². The Morgan fingerprint density at radius 2 is 1.78 bits per heavy atom. The molecular weight excluding hydrogens is 759 g/mol. The van der Waals surface area contributed by atoms with Gasteiger partial charge in [-0.3, -0.25) is 0 Å². The van der Waals surface area contributed by atoms with Gasteiger partial charge in [-0.15, -0.1) is 53.6 Å². The first-order valence-electron chi connectivity index (χ1n) is 21.0. The van der Waals surface area contributed by atoms with Gasteiger partial charge in [-0.2, -0.15) is 0 Å². The molecule has 4 nitrogen and oxygen atoms in total. The van der Waals surface area contributed by atoms with E-state index in [4.69, 9.17) is 20.9 Å².